The zero-order valence-electron chi connectivity index (χ0n) is 13.5. The first-order chi connectivity index (χ1) is 10.0. The molecular weight excluding hydrogens is 260 g/mol. The van der Waals surface area contributed by atoms with Gasteiger partial charge in [-0.05, 0) is 30.2 Å². The number of amides is 1. The van der Waals surface area contributed by atoms with Gasteiger partial charge in [-0.25, -0.2) is 0 Å². The lowest BCUT2D eigenvalue weighted by Gasteiger charge is -2.33. The smallest absolute Gasteiger partial charge is 0.223 e. The summed E-state index contributed by atoms with van der Waals surface area (Å²) in [6.07, 6.45) is 3.91. The van der Waals surface area contributed by atoms with Crippen LogP contribution in [-0.2, 0) is 4.79 Å². The molecule has 21 heavy (non-hydrogen) atoms. The maximum absolute atomic E-state index is 12.6. The Morgan fingerprint density at radius 2 is 1.95 bits per heavy atom. The fourth-order valence-corrected chi connectivity index (χ4v) is 3.55. The molecule has 3 atom stereocenters. The molecule has 1 amide bonds. The summed E-state index contributed by atoms with van der Waals surface area (Å²) in [6.45, 7) is 4.34. The molecule has 1 aliphatic carbocycles. The van der Waals surface area contributed by atoms with Crippen molar-refractivity contribution in [1.29, 1.82) is 0 Å². The highest BCUT2D eigenvalue weighted by Crippen LogP contribution is 2.31. The molecule has 1 aromatic rings. The Labute approximate surface area is 128 Å². The Balaban J connectivity index is 2.07. The van der Waals surface area contributed by atoms with Gasteiger partial charge in [-0.1, -0.05) is 50.6 Å². The van der Waals surface area contributed by atoms with Crippen LogP contribution in [0.2, 0.25) is 0 Å². The Bertz CT molecular complexity index is 458. The number of hydrogen-bond acceptors (Lipinski definition) is 2. The molecule has 3 nitrogen and oxygen atoms in total. The van der Waals surface area contributed by atoms with Gasteiger partial charge in [0, 0.05) is 19.5 Å². The van der Waals surface area contributed by atoms with E-state index in [1.807, 2.05) is 30.1 Å². The molecule has 0 aromatic heterocycles. The van der Waals surface area contributed by atoms with Gasteiger partial charge >= 0.3 is 0 Å². The first-order valence-corrected chi connectivity index (χ1v) is 8.07. The maximum atomic E-state index is 12.6. The van der Waals surface area contributed by atoms with Crippen molar-refractivity contribution in [3.63, 3.8) is 0 Å². The van der Waals surface area contributed by atoms with Gasteiger partial charge in [-0.3, -0.25) is 4.79 Å². The highest BCUT2D eigenvalue weighted by atomic mass is 16.2. The lowest BCUT2D eigenvalue weighted by Crippen LogP contribution is -2.37. The van der Waals surface area contributed by atoms with Crippen LogP contribution in [0.3, 0.4) is 0 Å². The van der Waals surface area contributed by atoms with Crippen LogP contribution < -0.4 is 5.73 Å². The van der Waals surface area contributed by atoms with Crippen LogP contribution in [0, 0.1) is 11.8 Å². The Morgan fingerprint density at radius 1 is 1.29 bits per heavy atom. The van der Waals surface area contributed by atoms with Gasteiger partial charge in [-0.2, -0.15) is 0 Å². The highest BCUT2D eigenvalue weighted by Gasteiger charge is 2.30. The quantitative estimate of drug-likeness (QED) is 0.903. The van der Waals surface area contributed by atoms with Gasteiger partial charge in [0.15, 0.2) is 0 Å². The molecular formula is C18H28N2O. The summed E-state index contributed by atoms with van der Waals surface area (Å²) in [7, 11) is 1.93. The average molecular weight is 288 g/mol. The van der Waals surface area contributed by atoms with E-state index in [1.54, 1.807) is 0 Å². The molecule has 0 heterocycles. The van der Waals surface area contributed by atoms with Crippen molar-refractivity contribution < 1.29 is 4.79 Å². The summed E-state index contributed by atoms with van der Waals surface area (Å²) >= 11 is 0. The van der Waals surface area contributed by atoms with Crippen LogP contribution in [0.25, 0.3) is 0 Å². The Morgan fingerprint density at radius 3 is 2.48 bits per heavy atom. The molecule has 2 N–H and O–H groups in total. The zero-order valence-corrected chi connectivity index (χ0v) is 13.5. The topological polar surface area (TPSA) is 46.3 Å². The normalized spacial score (nSPS) is 23.3. The molecule has 1 aliphatic rings. The average Bonchev–Trinajstić information content (AvgIpc) is 2.85. The first-order valence-electron chi connectivity index (χ1n) is 8.07. The summed E-state index contributed by atoms with van der Waals surface area (Å²) in [5, 5.41) is 0. The van der Waals surface area contributed by atoms with Gasteiger partial charge in [0.1, 0.15) is 0 Å². The van der Waals surface area contributed by atoms with Crippen LogP contribution in [0.4, 0.5) is 0 Å². The van der Waals surface area contributed by atoms with Gasteiger partial charge < -0.3 is 10.6 Å². The molecule has 0 radical (unpaired) electrons. The fourth-order valence-electron chi connectivity index (χ4n) is 3.55. The van der Waals surface area contributed by atoms with Gasteiger partial charge in [0.05, 0.1) is 6.04 Å². The van der Waals surface area contributed by atoms with E-state index in [-0.39, 0.29) is 18.0 Å². The molecule has 2 rings (SSSR count). The van der Waals surface area contributed by atoms with Crippen LogP contribution in [0.15, 0.2) is 30.3 Å². The third-order valence-electron chi connectivity index (χ3n) is 4.74. The summed E-state index contributed by atoms with van der Waals surface area (Å²) < 4.78 is 0. The third-order valence-corrected chi connectivity index (χ3v) is 4.74. The molecule has 0 saturated heterocycles. The summed E-state index contributed by atoms with van der Waals surface area (Å²) in [5.41, 5.74) is 7.31. The molecule has 116 valence electrons. The fraction of sp³-hybridized carbons (Fsp3) is 0.611. The predicted octanol–water partition coefficient (Wildman–Crippen LogP) is 3.36. The number of carbonyl (C=O) groups is 1. The predicted molar refractivity (Wildman–Crippen MR) is 86.7 cm³/mol. The summed E-state index contributed by atoms with van der Waals surface area (Å²) in [4.78, 5) is 14.6. The largest absolute Gasteiger partial charge is 0.338 e. The lowest BCUT2D eigenvalue weighted by molar-refractivity contribution is -0.134. The van der Waals surface area contributed by atoms with Crippen LogP contribution >= 0.6 is 0 Å². The second kappa shape index (κ2) is 7.08. The molecule has 0 spiro atoms. The highest BCUT2D eigenvalue weighted by molar-refractivity contribution is 5.76. The minimum absolute atomic E-state index is 0.135. The zero-order chi connectivity index (χ0) is 15.4. The summed E-state index contributed by atoms with van der Waals surface area (Å²) in [5.74, 6) is 0.974. The number of rotatable bonds is 5. The summed E-state index contributed by atoms with van der Waals surface area (Å²) in [6, 6.07) is 10.6. The first kappa shape index (κ1) is 16.0. The van der Waals surface area contributed by atoms with Crippen molar-refractivity contribution in [3.05, 3.63) is 35.9 Å². The molecule has 1 saturated carbocycles. The second-order valence-electron chi connectivity index (χ2n) is 6.66. The van der Waals surface area contributed by atoms with E-state index >= 15 is 0 Å². The van der Waals surface area contributed by atoms with Crippen molar-refractivity contribution in [2.75, 3.05) is 7.05 Å². The van der Waals surface area contributed by atoms with E-state index in [4.69, 9.17) is 5.73 Å². The number of hydrogen-bond donors (Lipinski definition) is 1. The monoisotopic (exact) mass is 288 g/mol. The minimum atomic E-state index is 0.135. The molecule has 1 aromatic carbocycles. The maximum Gasteiger partial charge on any atom is 0.223 e. The van der Waals surface area contributed by atoms with Gasteiger partial charge in [-0.15, -0.1) is 0 Å². The molecule has 3 heteroatoms. The second-order valence-corrected chi connectivity index (χ2v) is 6.66. The van der Waals surface area contributed by atoms with Crippen molar-refractivity contribution in [1.82, 2.24) is 4.90 Å². The lowest BCUT2D eigenvalue weighted by atomic mass is 9.93. The van der Waals surface area contributed by atoms with E-state index in [1.165, 1.54) is 5.56 Å². The molecule has 1 unspecified atom stereocenters. The molecule has 1 fully saturated rings. The number of benzene rings is 1. The van der Waals surface area contributed by atoms with Gasteiger partial charge in [0.25, 0.3) is 0 Å². The van der Waals surface area contributed by atoms with Crippen LogP contribution in [-0.4, -0.2) is 23.9 Å². The molecule has 0 bridgehead atoms. The number of carbonyl (C=O) groups excluding carboxylic acids is 1. The van der Waals surface area contributed by atoms with E-state index in [0.717, 1.165) is 19.3 Å². The van der Waals surface area contributed by atoms with Crippen molar-refractivity contribution in [3.8, 4) is 0 Å². The van der Waals surface area contributed by atoms with Crippen LogP contribution in [0.5, 0.6) is 0 Å². The van der Waals surface area contributed by atoms with Crippen LogP contribution in [0.1, 0.15) is 51.1 Å². The van der Waals surface area contributed by atoms with E-state index in [0.29, 0.717) is 18.3 Å². The Kier molecular flexibility index (Phi) is 5.40. The standard InChI is InChI=1S/C18H28N2O/c1-13(2)18(14-8-5-4-6-9-14)20(3)17(21)12-15-10-7-11-16(15)19/h4-6,8-9,13,15-16,18H,7,10-12,19H2,1-3H3/t15-,16+,18?/m0/s1. The minimum Gasteiger partial charge on any atom is -0.338 e. The molecule has 0 aliphatic heterocycles. The van der Waals surface area contributed by atoms with Crippen molar-refractivity contribution >= 4 is 5.91 Å². The van der Waals surface area contributed by atoms with E-state index in [2.05, 4.69) is 26.0 Å². The van der Waals surface area contributed by atoms with Gasteiger partial charge in [0.2, 0.25) is 5.91 Å². The van der Waals surface area contributed by atoms with E-state index in [9.17, 15) is 4.79 Å². The van der Waals surface area contributed by atoms with E-state index < -0.39 is 0 Å². The van der Waals surface area contributed by atoms with Crippen molar-refractivity contribution in [2.24, 2.45) is 17.6 Å². The Hall–Kier alpha value is -1.35. The number of nitrogens with zero attached hydrogens (tertiary/aromatic N) is 1. The van der Waals surface area contributed by atoms with Crippen molar-refractivity contribution in [2.45, 2.75) is 51.6 Å². The SMILES string of the molecule is CC(C)C(c1ccccc1)N(C)C(=O)C[C@@H]1CCC[C@H]1N. The third kappa shape index (κ3) is 3.85. The number of nitrogens with two attached hydrogens (primary N) is 1.